The number of hydrogen-bond donors (Lipinski definition) is 0. The number of nitrogens with zero attached hydrogens (tertiary/aromatic N) is 4. The van der Waals surface area contributed by atoms with Crippen molar-refractivity contribution in [2.45, 2.75) is 13.5 Å². The Bertz CT molecular complexity index is 674. The van der Waals surface area contributed by atoms with Crippen molar-refractivity contribution in [3.63, 3.8) is 0 Å². The fourth-order valence-corrected chi connectivity index (χ4v) is 1.95. The average Bonchev–Trinajstić information content (AvgIpc) is 3.02. The first-order valence-electron chi connectivity index (χ1n) is 5.65. The fraction of sp³-hybridized carbons (Fsp3) is 0.250. The second-order valence-corrected chi connectivity index (χ2v) is 4.02. The van der Waals surface area contributed by atoms with Crippen LogP contribution in [0.1, 0.15) is 11.3 Å². The lowest BCUT2D eigenvalue weighted by Gasteiger charge is -2.01. The van der Waals surface area contributed by atoms with Gasteiger partial charge in [-0.1, -0.05) is 10.3 Å². The summed E-state index contributed by atoms with van der Waals surface area (Å²) >= 11 is 0. The fourth-order valence-electron chi connectivity index (χ4n) is 1.95. The molecule has 0 bridgehead atoms. The van der Waals surface area contributed by atoms with Crippen LogP contribution in [0.25, 0.3) is 21.7 Å². The second kappa shape index (κ2) is 4.55. The Morgan fingerprint density at radius 2 is 2.21 bits per heavy atom. The van der Waals surface area contributed by atoms with Crippen LogP contribution in [0.2, 0.25) is 0 Å². The Hall–Kier alpha value is -2.66. The monoisotopic (exact) mass is 258 g/mol. The first kappa shape index (κ1) is 11.4. The Morgan fingerprint density at radius 1 is 1.37 bits per heavy atom. The zero-order valence-corrected chi connectivity index (χ0v) is 10.2. The van der Waals surface area contributed by atoms with E-state index < -0.39 is 0 Å². The Labute approximate surface area is 108 Å². The molecule has 7 heteroatoms. The van der Waals surface area contributed by atoms with Crippen molar-refractivity contribution in [3.8, 4) is 22.8 Å². The lowest BCUT2D eigenvalue weighted by atomic mass is 10.1. The van der Waals surface area contributed by atoms with E-state index in [0.717, 1.165) is 11.1 Å². The third kappa shape index (κ3) is 1.96. The third-order valence-electron chi connectivity index (χ3n) is 2.92. The quantitative estimate of drug-likeness (QED) is 0.480. The van der Waals surface area contributed by atoms with Gasteiger partial charge in [0.15, 0.2) is 11.5 Å². The van der Waals surface area contributed by atoms with Gasteiger partial charge in [-0.2, -0.15) is 0 Å². The maximum absolute atomic E-state index is 8.42. The van der Waals surface area contributed by atoms with Crippen LogP contribution in [0, 0.1) is 6.92 Å². The van der Waals surface area contributed by atoms with E-state index in [1.54, 1.807) is 6.92 Å². The summed E-state index contributed by atoms with van der Waals surface area (Å²) in [5.74, 6) is 2.02. The van der Waals surface area contributed by atoms with Gasteiger partial charge in [0, 0.05) is 16.0 Å². The first-order chi connectivity index (χ1) is 9.29. The van der Waals surface area contributed by atoms with Crippen molar-refractivity contribution in [1.29, 1.82) is 0 Å². The van der Waals surface area contributed by atoms with E-state index in [1.807, 2.05) is 18.2 Å². The molecule has 3 rings (SSSR count). The Balaban J connectivity index is 2.04. The van der Waals surface area contributed by atoms with Gasteiger partial charge in [0.25, 0.3) is 0 Å². The van der Waals surface area contributed by atoms with E-state index in [9.17, 15) is 0 Å². The van der Waals surface area contributed by atoms with Crippen LogP contribution in [0.5, 0.6) is 11.5 Å². The molecule has 1 aromatic carbocycles. The highest BCUT2D eigenvalue weighted by Crippen LogP contribution is 2.37. The maximum atomic E-state index is 8.42. The molecule has 0 aliphatic carbocycles. The van der Waals surface area contributed by atoms with Crippen molar-refractivity contribution < 1.29 is 14.0 Å². The smallest absolute Gasteiger partial charge is 0.231 e. The van der Waals surface area contributed by atoms with Crippen LogP contribution < -0.4 is 9.47 Å². The van der Waals surface area contributed by atoms with Gasteiger partial charge in [0.2, 0.25) is 6.79 Å². The van der Waals surface area contributed by atoms with Crippen LogP contribution in [-0.4, -0.2) is 11.9 Å². The molecule has 0 fully saturated rings. The molecule has 7 nitrogen and oxygen atoms in total. The molecule has 96 valence electrons. The molecule has 0 saturated heterocycles. The predicted molar refractivity (Wildman–Crippen MR) is 65.6 cm³/mol. The molecule has 1 aromatic heterocycles. The molecule has 0 saturated carbocycles. The summed E-state index contributed by atoms with van der Waals surface area (Å²) in [4.78, 5) is 2.76. The van der Waals surface area contributed by atoms with E-state index in [4.69, 9.17) is 19.5 Å². The van der Waals surface area contributed by atoms with Crippen LogP contribution in [-0.2, 0) is 6.54 Å². The van der Waals surface area contributed by atoms with E-state index in [2.05, 4.69) is 15.2 Å². The van der Waals surface area contributed by atoms with Crippen molar-refractivity contribution >= 4 is 0 Å². The SMILES string of the molecule is Cc1onc(-c2ccc3c(c2)OCO3)c1CN=[N+]=[N-]. The average molecular weight is 258 g/mol. The van der Waals surface area contributed by atoms with Crippen molar-refractivity contribution in [2.75, 3.05) is 6.79 Å². The van der Waals surface area contributed by atoms with E-state index in [-0.39, 0.29) is 13.3 Å². The zero-order valence-electron chi connectivity index (χ0n) is 10.2. The lowest BCUT2D eigenvalue weighted by Crippen LogP contribution is -1.92. The number of benzene rings is 1. The first-order valence-corrected chi connectivity index (χ1v) is 5.65. The van der Waals surface area contributed by atoms with Gasteiger partial charge in [0.05, 0.1) is 6.54 Å². The molecule has 0 amide bonds. The van der Waals surface area contributed by atoms with Gasteiger partial charge >= 0.3 is 0 Å². The number of aromatic nitrogens is 1. The molecule has 2 aromatic rings. The molecule has 1 aliphatic heterocycles. The molecular weight excluding hydrogens is 248 g/mol. The summed E-state index contributed by atoms with van der Waals surface area (Å²) < 4.78 is 15.7. The van der Waals surface area contributed by atoms with Crippen LogP contribution in [0.4, 0.5) is 0 Å². The zero-order chi connectivity index (χ0) is 13.2. The molecule has 0 atom stereocenters. The standard InChI is InChI=1S/C12H10N4O3/c1-7-9(5-14-16-13)12(15-19-7)8-2-3-10-11(4-8)18-6-17-10/h2-4H,5-6H2,1H3. The largest absolute Gasteiger partial charge is 0.454 e. The summed E-state index contributed by atoms with van der Waals surface area (Å²) in [6, 6.07) is 5.52. The van der Waals surface area contributed by atoms with Gasteiger partial charge < -0.3 is 14.0 Å². The normalized spacial score (nSPS) is 12.3. The number of hydrogen-bond acceptors (Lipinski definition) is 5. The summed E-state index contributed by atoms with van der Waals surface area (Å²) in [5, 5.41) is 7.57. The molecule has 19 heavy (non-hydrogen) atoms. The summed E-state index contributed by atoms with van der Waals surface area (Å²) in [7, 11) is 0. The maximum Gasteiger partial charge on any atom is 0.231 e. The van der Waals surface area contributed by atoms with Gasteiger partial charge in [-0.15, -0.1) is 0 Å². The molecule has 0 spiro atoms. The molecule has 1 aliphatic rings. The number of rotatable bonds is 3. The minimum Gasteiger partial charge on any atom is -0.454 e. The van der Waals surface area contributed by atoms with Crippen LogP contribution >= 0.6 is 0 Å². The van der Waals surface area contributed by atoms with E-state index in [0.29, 0.717) is 23.0 Å². The van der Waals surface area contributed by atoms with Crippen molar-refractivity contribution in [2.24, 2.45) is 5.11 Å². The summed E-state index contributed by atoms with van der Waals surface area (Å²) in [6.07, 6.45) is 0. The second-order valence-electron chi connectivity index (χ2n) is 4.02. The Morgan fingerprint density at radius 3 is 3.05 bits per heavy atom. The minimum absolute atomic E-state index is 0.204. The summed E-state index contributed by atoms with van der Waals surface area (Å²) in [5.41, 5.74) is 10.7. The number of ether oxygens (including phenoxy) is 2. The lowest BCUT2D eigenvalue weighted by molar-refractivity contribution is 0.174. The number of aryl methyl sites for hydroxylation is 1. The highest BCUT2D eigenvalue weighted by Gasteiger charge is 2.18. The van der Waals surface area contributed by atoms with E-state index in [1.165, 1.54) is 0 Å². The molecule has 0 N–H and O–H groups in total. The predicted octanol–water partition coefficient (Wildman–Crippen LogP) is 3.19. The van der Waals surface area contributed by atoms with Gasteiger partial charge in [-0.3, -0.25) is 0 Å². The van der Waals surface area contributed by atoms with Gasteiger partial charge in [-0.25, -0.2) is 0 Å². The highest BCUT2D eigenvalue weighted by atomic mass is 16.7. The van der Waals surface area contributed by atoms with Gasteiger partial charge in [-0.05, 0) is 30.7 Å². The molecule has 0 unspecified atom stereocenters. The third-order valence-corrected chi connectivity index (χ3v) is 2.92. The number of azide groups is 1. The summed E-state index contributed by atoms with van der Waals surface area (Å²) in [6.45, 7) is 2.21. The van der Waals surface area contributed by atoms with E-state index >= 15 is 0 Å². The van der Waals surface area contributed by atoms with Crippen molar-refractivity contribution in [1.82, 2.24) is 5.16 Å². The van der Waals surface area contributed by atoms with Crippen molar-refractivity contribution in [3.05, 3.63) is 40.0 Å². The number of fused-ring (bicyclic) bond motifs is 1. The minimum atomic E-state index is 0.204. The molecular formula is C12H10N4O3. The molecule has 0 radical (unpaired) electrons. The topological polar surface area (TPSA) is 93.3 Å². The van der Waals surface area contributed by atoms with Crippen LogP contribution in [0.15, 0.2) is 27.8 Å². The Kier molecular flexibility index (Phi) is 2.74. The van der Waals surface area contributed by atoms with Crippen LogP contribution in [0.3, 0.4) is 0 Å². The molecule has 2 heterocycles. The highest BCUT2D eigenvalue weighted by molar-refractivity contribution is 5.67. The van der Waals surface area contributed by atoms with Gasteiger partial charge in [0.1, 0.15) is 11.5 Å².